The van der Waals surface area contributed by atoms with Crippen molar-refractivity contribution in [1.29, 1.82) is 0 Å². The molecule has 1 amide bonds. The first kappa shape index (κ1) is 9.98. The minimum atomic E-state index is -0.146. The molecule has 1 aromatic heterocycles. The number of aromatic amines is 1. The molecule has 0 spiro atoms. The van der Waals surface area contributed by atoms with E-state index in [0.29, 0.717) is 5.69 Å². The molecule has 0 aliphatic heterocycles. The number of carbonyl (C=O) groups is 1. The highest BCUT2D eigenvalue weighted by Gasteiger charge is 2.07. The number of halogens is 1. The number of rotatable bonds is 2. The molecular formula is C11H9BrN2O. The minimum Gasteiger partial charge on any atom is -0.356 e. The Balaban J connectivity index is 2.11. The van der Waals surface area contributed by atoms with Crippen molar-refractivity contribution in [3.8, 4) is 0 Å². The zero-order chi connectivity index (χ0) is 10.7. The quantitative estimate of drug-likeness (QED) is 0.861. The van der Waals surface area contributed by atoms with E-state index in [-0.39, 0.29) is 5.91 Å². The van der Waals surface area contributed by atoms with Crippen LogP contribution in [-0.4, -0.2) is 10.9 Å². The summed E-state index contributed by atoms with van der Waals surface area (Å²) in [5, 5.41) is 2.78. The molecule has 0 aliphatic carbocycles. The van der Waals surface area contributed by atoms with Crippen molar-refractivity contribution in [3.05, 3.63) is 52.8 Å². The van der Waals surface area contributed by atoms with E-state index in [4.69, 9.17) is 0 Å². The van der Waals surface area contributed by atoms with Crippen molar-refractivity contribution < 1.29 is 4.79 Å². The van der Waals surface area contributed by atoms with Gasteiger partial charge in [-0.25, -0.2) is 0 Å². The van der Waals surface area contributed by atoms with Gasteiger partial charge in [0.15, 0.2) is 0 Å². The molecule has 1 heterocycles. The van der Waals surface area contributed by atoms with Crippen LogP contribution in [0.4, 0.5) is 5.69 Å². The molecule has 0 fully saturated rings. The zero-order valence-electron chi connectivity index (χ0n) is 7.83. The first-order valence-electron chi connectivity index (χ1n) is 4.46. The van der Waals surface area contributed by atoms with Crippen LogP contribution in [0.5, 0.6) is 0 Å². The van der Waals surface area contributed by atoms with E-state index in [2.05, 4.69) is 26.2 Å². The summed E-state index contributed by atoms with van der Waals surface area (Å²) < 4.78 is 0.862. The van der Waals surface area contributed by atoms with Crippen LogP contribution in [0.3, 0.4) is 0 Å². The Labute approximate surface area is 95.6 Å². The van der Waals surface area contributed by atoms with E-state index in [1.165, 1.54) is 0 Å². The number of amides is 1. The Morgan fingerprint density at radius 2 is 2.00 bits per heavy atom. The number of benzene rings is 1. The summed E-state index contributed by atoms with van der Waals surface area (Å²) in [6, 6.07) is 11.1. The van der Waals surface area contributed by atoms with Gasteiger partial charge in [0.05, 0.1) is 0 Å². The van der Waals surface area contributed by atoms with Crippen LogP contribution in [0.25, 0.3) is 0 Å². The lowest BCUT2D eigenvalue weighted by Gasteiger charge is -2.02. The van der Waals surface area contributed by atoms with E-state index in [0.717, 1.165) is 10.2 Å². The number of H-pyrrole nitrogens is 1. The maximum Gasteiger partial charge on any atom is 0.272 e. The average Bonchev–Trinajstić information content (AvgIpc) is 2.66. The van der Waals surface area contributed by atoms with Crippen molar-refractivity contribution in [2.24, 2.45) is 0 Å². The molecular weight excluding hydrogens is 256 g/mol. The van der Waals surface area contributed by atoms with Crippen LogP contribution >= 0.6 is 15.9 Å². The fourth-order valence-electron chi connectivity index (χ4n) is 1.22. The maximum absolute atomic E-state index is 11.7. The van der Waals surface area contributed by atoms with E-state index in [9.17, 15) is 4.79 Å². The molecule has 1 aromatic carbocycles. The van der Waals surface area contributed by atoms with Gasteiger partial charge in [0.25, 0.3) is 5.91 Å². The standard InChI is InChI=1S/C11H9BrN2O/c12-8-6-10(13-7-8)11(15)14-9-4-2-1-3-5-9/h1-7,13H,(H,14,15). The lowest BCUT2D eigenvalue weighted by Crippen LogP contribution is -2.11. The van der Waals surface area contributed by atoms with Crippen molar-refractivity contribution in [1.82, 2.24) is 4.98 Å². The van der Waals surface area contributed by atoms with Gasteiger partial charge in [-0.3, -0.25) is 4.79 Å². The highest BCUT2D eigenvalue weighted by molar-refractivity contribution is 9.10. The second-order valence-corrected chi connectivity index (χ2v) is 3.97. The van der Waals surface area contributed by atoms with Crippen LogP contribution in [0, 0.1) is 0 Å². The van der Waals surface area contributed by atoms with Crippen LogP contribution in [0.1, 0.15) is 10.5 Å². The fourth-order valence-corrected chi connectivity index (χ4v) is 1.56. The van der Waals surface area contributed by atoms with Gasteiger partial charge in [0.1, 0.15) is 5.69 Å². The molecule has 2 N–H and O–H groups in total. The third-order valence-corrected chi connectivity index (χ3v) is 2.38. The van der Waals surface area contributed by atoms with E-state index in [1.807, 2.05) is 30.3 Å². The van der Waals surface area contributed by atoms with Crippen molar-refractivity contribution in [3.63, 3.8) is 0 Å². The monoisotopic (exact) mass is 264 g/mol. The Morgan fingerprint density at radius 1 is 1.27 bits per heavy atom. The largest absolute Gasteiger partial charge is 0.356 e. The molecule has 0 atom stereocenters. The average molecular weight is 265 g/mol. The second-order valence-electron chi connectivity index (χ2n) is 3.05. The van der Waals surface area contributed by atoms with E-state index in [1.54, 1.807) is 12.3 Å². The first-order valence-corrected chi connectivity index (χ1v) is 5.25. The van der Waals surface area contributed by atoms with E-state index < -0.39 is 0 Å². The Bertz CT molecular complexity index is 464. The Morgan fingerprint density at radius 3 is 2.60 bits per heavy atom. The predicted molar refractivity (Wildman–Crippen MR) is 62.9 cm³/mol. The number of carbonyl (C=O) groups excluding carboxylic acids is 1. The number of aromatic nitrogens is 1. The van der Waals surface area contributed by atoms with Crippen LogP contribution in [-0.2, 0) is 0 Å². The normalized spacial score (nSPS) is 9.93. The van der Waals surface area contributed by atoms with Crippen LogP contribution < -0.4 is 5.32 Å². The lowest BCUT2D eigenvalue weighted by atomic mass is 10.3. The summed E-state index contributed by atoms with van der Waals surface area (Å²) in [7, 11) is 0. The van der Waals surface area contributed by atoms with Crippen LogP contribution in [0.2, 0.25) is 0 Å². The summed E-state index contributed by atoms with van der Waals surface area (Å²) >= 11 is 3.27. The smallest absolute Gasteiger partial charge is 0.272 e. The topological polar surface area (TPSA) is 44.9 Å². The molecule has 3 nitrogen and oxygen atoms in total. The van der Waals surface area contributed by atoms with Gasteiger partial charge in [-0.1, -0.05) is 18.2 Å². The molecule has 0 bridgehead atoms. The molecule has 4 heteroatoms. The number of anilines is 1. The van der Waals surface area contributed by atoms with Gasteiger partial charge in [0, 0.05) is 16.4 Å². The molecule has 0 unspecified atom stereocenters. The maximum atomic E-state index is 11.7. The molecule has 15 heavy (non-hydrogen) atoms. The number of hydrogen-bond acceptors (Lipinski definition) is 1. The molecule has 0 aliphatic rings. The molecule has 0 saturated carbocycles. The molecule has 0 radical (unpaired) electrons. The van der Waals surface area contributed by atoms with Gasteiger partial charge >= 0.3 is 0 Å². The third kappa shape index (κ3) is 2.47. The highest BCUT2D eigenvalue weighted by Crippen LogP contribution is 2.12. The highest BCUT2D eigenvalue weighted by atomic mass is 79.9. The third-order valence-electron chi connectivity index (χ3n) is 1.92. The summed E-state index contributed by atoms with van der Waals surface area (Å²) in [4.78, 5) is 14.5. The summed E-state index contributed by atoms with van der Waals surface area (Å²) in [6.07, 6.45) is 1.72. The van der Waals surface area contributed by atoms with Crippen molar-refractivity contribution in [2.75, 3.05) is 5.32 Å². The SMILES string of the molecule is O=C(Nc1ccccc1)c1cc(Br)c[nH]1. The summed E-state index contributed by atoms with van der Waals surface area (Å²) in [5.41, 5.74) is 1.32. The first-order chi connectivity index (χ1) is 7.25. The molecule has 0 saturated heterocycles. The predicted octanol–water partition coefficient (Wildman–Crippen LogP) is 3.03. The van der Waals surface area contributed by atoms with Crippen molar-refractivity contribution >= 4 is 27.5 Å². The second kappa shape index (κ2) is 4.31. The number of nitrogens with one attached hydrogen (secondary N) is 2. The fraction of sp³-hybridized carbons (Fsp3) is 0. The number of para-hydroxylation sites is 1. The van der Waals surface area contributed by atoms with Gasteiger partial charge in [0.2, 0.25) is 0 Å². The van der Waals surface area contributed by atoms with Gasteiger partial charge in [-0.05, 0) is 34.1 Å². The van der Waals surface area contributed by atoms with Crippen LogP contribution in [0.15, 0.2) is 47.1 Å². The van der Waals surface area contributed by atoms with E-state index >= 15 is 0 Å². The molecule has 76 valence electrons. The van der Waals surface area contributed by atoms with Gasteiger partial charge in [-0.2, -0.15) is 0 Å². The van der Waals surface area contributed by atoms with Gasteiger partial charge in [-0.15, -0.1) is 0 Å². The van der Waals surface area contributed by atoms with Gasteiger partial charge < -0.3 is 10.3 Å². The summed E-state index contributed by atoms with van der Waals surface area (Å²) in [6.45, 7) is 0. The molecule has 2 rings (SSSR count). The zero-order valence-corrected chi connectivity index (χ0v) is 9.41. The Kier molecular flexibility index (Phi) is 2.87. The number of hydrogen-bond donors (Lipinski definition) is 2. The lowest BCUT2D eigenvalue weighted by molar-refractivity contribution is 0.102. The molecule has 2 aromatic rings. The Hall–Kier alpha value is -1.55. The van der Waals surface area contributed by atoms with Crippen molar-refractivity contribution in [2.45, 2.75) is 0 Å². The summed E-state index contributed by atoms with van der Waals surface area (Å²) in [5.74, 6) is -0.146. The minimum absolute atomic E-state index is 0.146.